The minimum atomic E-state index is -3.57. The van der Waals surface area contributed by atoms with E-state index in [1.54, 1.807) is 38.4 Å². The predicted octanol–water partition coefficient (Wildman–Crippen LogP) is 6.35. The van der Waals surface area contributed by atoms with Crippen molar-refractivity contribution >= 4 is 38.8 Å². The largest absolute Gasteiger partial charge is 0.456 e. The van der Waals surface area contributed by atoms with Gasteiger partial charge in [-0.2, -0.15) is 0 Å². The third-order valence-corrected chi connectivity index (χ3v) is 8.97. The zero-order valence-electron chi connectivity index (χ0n) is 24.5. The van der Waals surface area contributed by atoms with E-state index in [9.17, 15) is 18.0 Å². The molecule has 0 saturated carbocycles. The Hall–Kier alpha value is -4.89. The lowest BCUT2D eigenvalue weighted by atomic mass is 10.0. The number of para-hydroxylation sites is 1. The fourth-order valence-corrected chi connectivity index (χ4v) is 5.81. The molecule has 2 N–H and O–H groups in total. The molecule has 43 heavy (non-hydrogen) atoms. The first kappa shape index (κ1) is 29.6. The molecular formula is C34H33N3O5S. The molecule has 0 fully saturated rings. The lowest BCUT2D eigenvalue weighted by molar-refractivity contribution is 0.0951. The number of sulfone groups is 1. The SMILES string of the molecule is CCNC(=O)c1cc2c(-c3cc(S(=O)(=O)CC)ccc3Oc3c(C)cccc3/C=C\c3ccccc3)cn(C)c(=O)c2[nH]1. The lowest BCUT2D eigenvalue weighted by Crippen LogP contribution is -2.23. The van der Waals surface area contributed by atoms with Crippen molar-refractivity contribution in [1.82, 2.24) is 14.9 Å². The van der Waals surface area contributed by atoms with Crippen LogP contribution in [0.5, 0.6) is 11.5 Å². The number of carbonyl (C=O) groups excluding carboxylic acids is 1. The number of aromatic amines is 1. The molecule has 9 heteroatoms. The normalized spacial score (nSPS) is 11.7. The Morgan fingerprint density at radius 3 is 2.47 bits per heavy atom. The van der Waals surface area contributed by atoms with Crippen LogP contribution in [0.2, 0.25) is 0 Å². The summed E-state index contributed by atoms with van der Waals surface area (Å²) in [6, 6.07) is 22.1. The number of hydrogen-bond donors (Lipinski definition) is 2. The van der Waals surface area contributed by atoms with Gasteiger partial charge in [0.2, 0.25) is 0 Å². The average Bonchev–Trinajstić information content (AvgIpc) is 3.46. The van der Waals surface area contributed by atoms with Crippen molar-refractivity contribution in [2.24, 2.45) is 7.05 Å². The van der Waals surface area contributed by atoms with Gasteiger partial charge in [0.15, 0.2) is 9.84 Å². The third-order valence-electron chi connectivity index (χ3n) is 7.24. The summed E-state index contributed by atoms with van der Waals surface area (Å²) in [6.07, 6.45) is 5.61. The number of H-pyrrole nitrogens is 1. The zero-order valence-corrected chi connectivity index (χ0v) is 25.3. The first-order chi connectivity index (χ1) is 20.6. The summed E-state index contributed by atoms with van der Waals surface area (Å²) in [6.45, 7) is 5.77. The van der Waals surface area contributed by atoms with Crippen LogP contribution in [0.25, 0.3) is 34.2 Å². The van der Waals surface area contributed by atoms with Gasteiger partial charge in [0, 0.05) is 41.9 Å². The highest BCUT2D eigenvalue weighted by molar-refractivity contribution is 7.91. The van der Waals surface area contributed by atoms with Crippen molar-refractivity contribution in [3.8, 4) is 22.6 Å². The second kappa shape index (κ2) is 12.1. The zero-order chi connectivity index (χ0) is 30.7. The molecule has 0 radical (unpaired) electrons. The maximum atomic E-state index is 13.1. The van der Waals surface area contributed by atoms with E-state index < -0.39 is 9.84 Å². The van der Waals surface area contributed by atoms with E-state index in [1.807, 2.05) is 74.5 Å². The number of aryl methyl sites for hydroxylation is 2. The minimum absolute atomic E-state index is 0.0763. The Morgan fingerprint density at radius 1 is 0.977 bits per heavy atom. The predicted molar refractivity (Wildman–Crippen MR) is 171 cm³/mol. The molecular weight excluding hydrogens is 562 g/mol. The number of benzene rings is 3. The molecule has 3 aromatic carbocycles. The Bertz CT molecular complexity index is 2020. The van der Waals surface area contributed by atoms with Crippen molar-refractivity contribution < 1.29 is 17.9 Å². The fraction of sp³-hybridized carbons (Fsp3) is 0.176. The van der Waals surface area contributed by atoms with Crippen molar-refractivity contribution in [2.45, 2.75) is 25.7 Å². The monoisotopic (exact) mass is 595 g/mol. The Morgan fingerprint density at radius 2 is 1.74 bits per heavy atom. The molecule has 0 aliphatic carbocycles. The van der Waals surface area contributed by atoms with Gasteiger partial charge in [0.1, 0.15) is 22.7 Å². The average molecular weight is 596 g/mol. The van der Waals surface area contributed by atoms with Crippen molar-refractivity contribution in [3.05, 3.63) is 112 Å². The van der Waals surface area contributed by atoms with E-state index >= 15 is 0 Å². The van der Waals surface area contributed by atoms with Gasteiger partial charge >= 0.3 is 0 Å². The first-order valence-corrected chi connectivity index (χ1v) is 15.7. The summed E-state index contributed by atoms with van der Waals surface area (Å²) >= 11 is 0. The van der Waals surface area contributed by atoms with Gasteiger partial charge in [-0.15, -0.1) is 0 Å². The van der Waals surface area contributed by atoms with Crippen molar-refractivity contribution in [2.75, 3.05) is 12.3 Å². The molecule has 2 heterocycles. The number of rotatable bonds is 9. The second-order valence-electron chi connectivity index (χ2n) is 10.2. The Balaban J connectivity index is 1.72. The van der Waals surface area contributed by atoms with Gasteiger partial charge in [-0.3, -0.25) is 9.59 Å². The summed E-state index contributed by atoms with van der Waals surface area (Å²) < 4.78 is 33.9. The molecule has 0 atom stereocenters. The number of aromatic nitrogens is 2. The summed E-state index contributed by atoms with van der Waals surface area (Å²) in [7, 11) is -1.96. The summed E-state index contributed by atoms with van der Waals surface area (Å²) in [5, 5.41) is 3.22. The van der Waals surface area contributed by atoms with Gasteiger partial charge < -0.3 is 19.6 Å². The van der Waals surface area contributed by atoms with Crippen LogP contribution in [0.1, 0.15) is 41.0 Å². The number of pyridine rings is 1. The number of hydrogen-bond acceptors (Lipinski definition) is 5. The van der Waals surface area contributed by atoms with Crippen LogP contribution in [0, 0.1) is 6.92 Å². The molecule has 0 unspecified atom stereocenters. The fourth-order valence-electron chi connectivity index (χ4n) is 4.90. The molecule has 0 spiro atoms. The topological polar surface area (TPSA) is 110 Å². The van der Waals surface area contributed by atoms with E-state index in [-0.39, 0.29) is 33.3 Å². The van der Waals surface area contributed by atoms with Gasteiger partial charge in [-0.25, -0.2) is 8.42 Å². The number of nitrogens with one attached hydrogen (secondary N) is 2. The molecule has 1 amide bonds. The smallest absolute Gasteiger partial charge is 0.274 e. The van der Waals surface area contributed by atoms with Crippen molar-refractivity contribution in [3.63, 3.8) is 0 Å². The number of amides is 1. The quantitative estimate of drug-likeness (QED) is 0.193. The molecule has 0 bridgehead atoms. The van der Waals surface area contributed by atoms with Gasteiger partial charge in [0.25, 0.3) is 11.5 Å². The van der Waals surface area contributed by atoms with E-state index in [4.69, 9.17) is 4.74 Å². The maximum Gasteiger partial charge on any atom is 0.274 e. The number of nitrogens with zero attached hydrogens (tertiary/aromatic N) is 1. The highest BCUT2D eigenvalue weighted by atomic mass is 32.2. The molecule has 0 aliphatic heterocycles. The highest BCUT2D eigenvalue weighted by Crippen LogP contribution is 2.40. The molecule has 0 aliphatic rings. The van der Waals surface area contributed by atoms with Crippen LogP contribution >= 0.6 is 0 Å². The van der Waals surface area contributed by atoms with Gasteiger partial charge in [-0.05, 0) is 49.2 Å². The molecule has 0 saturated heterocycles. The van der Waals surface area contributed by atoms with E-state index in [0.717, 1.165) is 16.7 Å². The maximum absolute atomic E-state index is 13.1. The van der Waals surface area contributed by atoms with Gasteiger partial charge in [0.05, 0.1) is 10.6 Å². The molecule has 5 aromatic rings. The van der Waals surface area contributed by atoms with E-state index in [0.29, 0.717) is 34.6 Å². The molecule has 8 nitrogen and oxygen atoms in total. The second-order valence-corrected chi connectivity index (χ2v) is 12.5. The highest BCUT2D eigenvalue weighted by Gasteiger charge is 2.22. The van der Waals surface area contributed by atoms with E-state index in [2.05, 4.69) is 10.3 Å². The third kappa shape index (κ3) is 6.03. The molecule has 220 valence electrons. The number of fused-ring (bicyclic) bond motifs is 1. The molecule has 5 rings (SSSR count). The van der Waals surface area contributed by atoms with Crippen LogP contribution < -0.4 is 15.6 Å². The Kier molecular flexibility index (Phi) is 8.36. The van der Waals surface area contributed by atoms with E-state index in [1.165, 1.54) is 10.6 Å². The van der Waals surface area contributed by atoms with Crippen LogP contribution in [-0.2, 0) is 16.9 Å². The van der Waals surface area contributed by atoms with Crippen LogP contribution in [0.3, 0.4) is 0 Å². The standard InChI is InChI=1S/C34H33N3O5S/c1-5-35-33(38)29-20-27-28(21-37(4)34(39)31(27)36-29)26-19-25(43(40,41)6-2)17-18-30(26)42-32-22(3)11-10-14-24(32)16-15-23-12-8-7-9-13-23/h7-21,36H,5-6H2,1-4H3,(H,35,38)/b16-15-. The van der Waals surface area contributed by atoms with Crippen LogP contribution in [0.4, 0.5) is 0 Å². The minimum Gasteiger partial charge on any atom is -0.456 e. The van der Waals surface area contributed by atoms with Crippen LogP contribution in [-0.4, -0.2) is 36.2 Å². The number of carbonyl (C=O) groups is 1. The van der Waals surface area contributed by atoms with Gasteiger partial charge in [-0.1, -0.05) is 67.6 Å². The van der Waals surface area contributed by atoms with Crippen molar-refractivity contribution in [1.29, 1.82) is 0 Å². The number of ether oxygens (including phenoxy) is 1. The summed E-state index contributed by atoms with van der Waals surface area (Å²) in [5.41, 5.74) is 3.92. The Labute approximate surface area is 250 Å². The molecule has 2 aromatic heterocycles. The van der Waals surface area contributed by atoms with Crippen LogP contribution in [0.15, 0.2) is 88.7 Å². The summed E-state index contributed by atoms with van der Waals surface area (Å²) in [5.74, 6) is 0.590. The first-order valence-electron chi connectivity index (χ1n) is 14.0. The lowest BCUT2D eigenvalue weighted by Gasteiger charge is -2.17. The summed E-state index contributed by atoms with van der Waals surface area (Å²) in [4.78, 5) is 28.9.